The van der Waals surface area contributed by atoms with E-state index in [2.05, 4.69) is 71.0 Å². The first-order valence-corrected chi connectivity index (χ1v) is 9.70. The van der Waals surface area contributed by atoms with Gasteiger partial charge in [-0.2, -0.15) is 5.10 Å². The van der Waals surface area contributed by atoms with Crippen LogP contribution < -0.4 is 0 Å². The van der Waals surface area contributed by atoms with Crippen LogP contribution in [0, 0.1) is 34.6 Å². The molecule has 0 radical (unpaired) electrons. The largest absolute Gasteiger partial charge is 0.465 e. The van der Waals surface area contributed by atoms with Crippen molar-refractivity contribution < 1.29 is 9.53 Å². The lowest BCUT2D eigenvalue weighted by Gasteiger charge is -2.10. The van der Waals surface area contributed by atoms with Crippen molar-refractivity contribution in [2.24, 2.45) is 0 Å². The number of aryl methyl sites for hydroxylation is 4. The third-order valence-corrected chi connectivity index (χ3v) is 5.33. The van der Waals surface area contributed by atoms with E-state index in [1.54, 1.807) is 4.68 Å². The van der Waals surface area contributed by atoms with Gasteiger partial charge in [0, 0.05) is 16.7 Å². The predicted molar refractivity (Wildman–Crippen MR) is 113 cm³/mol. The molecule has 0 fully saturated rings. The van der Waals surface area contributed by atoms with E-state index in [-0.39, 0.29) is 12.5 Å². The Morgan fingerprint density at radius 3 is 2.04 bits per heavy atom. The van der Waals surface area contributed by atoms with Gasteiger partial charge in [-0.25, -0.2) is 0 Å². The molecule has 0 aliphatic heterocycles. The van der Waals surface area contributed by atoms with Gasteiger partial charge in [0.1, 0.15) is 6.54 Å². The maximum atomic E-state index is 12.2. The number of nitrogens with zero attached hydrogens (tertiary/aromatic N) is 2. The molecule has 0 atom stereocenters. The van der Waals surface area contributed by atoms with E-state index in [1.807, 2.05) is 6.92 Å². The van der Waals surface area contributed by atoms with E-state index in [0.29, 0.717) is 6.61 Å². The van der Waals surface area contributed by atoms with Gasteiger partial charge in [0.25, 0.3) is 0 Å². The molecule has 0 aliphatic rings. The monoisotopic (exact) mass is 376 g/mol. The van der Waals surface area contributed by atoms with Crippen molar-refractivity contribution in [3.05, 3.63) is 64.2 Å². The summed E-state index contributed by atoms with van der Waals surface area (Å²) in [4.78, 5) is 12.2. The summed E-state index contributed by atoms with van der Waals surface area (Å²) in [7, 11) is 0. The molecule has 3 aromatic rings. The first-order valence-electron chi connectivity index (χ1n) is 9.70. The molecule has 0 amide bonds. The van der Waals surface area contributed by atoms with Crippen LogP contribution >= 0.6 is 0 Å². The molecule has 0 saturated carbocycles. The van der Waals surface area contributed by atoms with Crippen LogP contribution in [0.25, 0.3) is 22.5 Å². The van der Waals surface area contributed by atoms with Gasteiger partial charge in [0.2, 0.25) is 0 Å². The van der Waals surface area contributed by atoms with Gasteiger partial charge in [-0.3, -0.25) is 9.48 Å². The van der Waals surface area contributed by atoms with Crippen LogP contribution in [0.2, 0.25) is 0 Å². The van der Waals surface area contributed by atoms with Crippen LogP contribution in [0.4, 0.5) is 0 Å². The molecule has 0 N–H and O–H groups in total. The third kappa shape index (κ3) is 3.86. The highest BCUT2D eigenvalue weighted by molar-refractivity contribution is 5.77. The molecule has 0 saturated heterocycles. The molecular formula is C24H28N2O2. The Labute approximate surface area is 167 Å². The summed E-state index contributed by atoms with van der Waals surface area (Å²) in [6.45, 7) is 12.8. The normalized spacial score (nSPS) is 10.9. The van der Waals surface area contributed by atoms with Crippen LogP contribution in [0.15, 0.2) is 36.4 Å². The standard InChI is InChI=1S/C24H28N2O2/c1-7-28-22(27)14-26-24(21-11-9-16(3)18(5)13-21)19(6)23(25-26)20-10-8-15(2)17(4)12-20/h8-13H,7,14H2,1-6H3. The SMILES string of the molecule is CCOC(=O)Cn1nc(-c2ccc(C)c(C)c2)c(C)c1-c1ccc(C)c(C)c1. The Bertz CT molecular complexity index is 1030. The quantitative estimate of drug-likeness (QED) is 0.566. The summed E-state index contributed by atoms with van der Waals surface area (Å²) in [5.41, 5.74) is 9.99. The van der Waals surface area contributed by atoms with E-state index in [1.165, 1.54) is 22.3 Å². The fourth-order valence-corrected chi connectivity index (χ4v) is 3.41. The van der Waals surface area contributed by atoms with Crippen molar-refractivity contribution in [2.45, 2.75) is 48.1 Å². The van der Waals surface area contributed by atoms with E-state index in [0.717, 1.165) is 28.1 Å². The average molecular weight is 377 g/mol. The van der Waals surface area contributed by atoms with Gasteiger partial charge in [-0.15, -0.1) is 0 Å². The minimum absolute atomic E-state index is 0.0990. The summed E-state index contributed by atoms with van der Waals surface area (Å²) in [6.07, 6.45) is 0. The maximum absolute atomic E-state index is 12.2. The van der Waals surface area contributed by atoms with Crippen molar-refractivity contribution in [2.75, 3.05) is 6.61 Å². The number of carbonyl (C=O) groups is 1. The van der Waals surface area contributed by atoms with Crippen LogP contribution in [0.5, 0.6) is 0 Å². The molecule has 0 unspecified atom stereocenters. The molecule has 1 aromatic heterocycles. The average Bonchev–Trinajstić information content (AvgIpc) is 2.96. The lowest BCUT2D eigenvalue weighted by atomic mass is 9.98. The Hall–Kier alpha value is -2.88. The number of aromatic nitrogens is 2. The highest BCUT2D eigenvalue weighted by atomic mass is 16.5. The van der Waals surface area contributed by atoms with Crippen molar-refractivity contribution in [1.29, 1.82) is 0 Å². The summed E-state index contributed by atoms with van der Waals surface area (Å²) < 4.78 is 6.95. The molecule has 1 heterocycles. The minimum atomic E-state index is -0.276. The molecule has 0 spiro atoms. The number of ether oxygens (including phenoxy) is 1. The number of hydrogen-bond donors (Lipinski definition) is 0. The second kappa shape index (κ2) is 8.01. The van der Waals surface area contributed by atoms with E-state index in [9.17, 15) is 4.79 Å². The Kier molecular flexibility index (Phi) is 5.68. The Morgan fingerprint density at radius 1 is 0.893 bits per heavy atom. The van der Waals surface area contributed by atoms with Gasteiger partial charge in [-0.05, 0) is 75.9 Å². The smallest absolute Gasteiger partial charge is 0.327 e. The zero-order valence-electron chi connectivity index (χ0n) is 17.6. The van der Waals surface area contributed by atoms with Gasteiger partial charge in [0.05, 0.1) is 18.0 Å². The first kappa shape index (κ1) is 19.9. The predicted octanol–water partition coefficient (Wildman–Crippen LogP) is 5.32. The molecule has 146 valence electrons. The second-order valence-electron chi connectivity index (χ2n) is 7.38. The lowest BCUT2D eigenvalue weighted by molar-refractivity contribution is -0.144. The molecular weight excluding hydrogens is 348 g/mol. The number of esters is 1. The summed E-state index contributed by atoms with van der Waals surface area (Å²) in [5, 5.41) is 4.82. The molecule has 0 aliphatic carbocycles. The van der Waals surface area contributed by atoms with E-state index in [4.69, 9.17) is 9.84 Å². The highest BCUT2D eigenvalue weighted by Gasteiger charge is 2.20. The molecule has 3 rings (SSSR count). The number of rotatable bonds is 5. The van der Waals surface area contributed by atoms with Crippen molar-refractivity contribution >= 4 is 5.97 Å². The Balaban J connectivity index is 2.17. The van der Waals surface area contributed by atoms with Crippen LogP contribution in [-0.4, -0.2) is 22.4 Å². The van der Waals surface area contributed by atoms with Crippen LogP contribution in [0.1, 0.15) is 34.7 Å². The number of benzene rings is 2. The van der Waals surface area contributed by atoms with Gasteiger partial charge >= 0.3 is 5.97 Å². The first-order chi connectivity index (χ1) is 13.3. The summed E-state index contributed by atoms with van der Waals surface area (Å²) >= 11 is 0. The van der Waals surface area contributed by atoms with Gasteiger partial charge in [-0.1, -0.05) is 24.3 Å². The van der Waals surface area contributed by atoms with Crippen LogP contribution in [0.3, 0.4) is 0 Å². The lowest BCUT2D eigenvalue weighted by Crippen LogP contribution is -2.15. The fourth-order valence-electron chi connectivity index (χ4n) is 3.41. The molecule has 2 aromatic carbocycles. The molecule has 28 heavy (non-hydrogen) atoms. The summed E-state index contributed by atoms with van der Waals surface area (Å²) in [6, 6.07) is 12.7. The fraction of sp³-hybridized carbons (Fsp3) is 0.333. The zero-order chi connectivity index (χ0) is 20.4. The maximum Gasteiger partial charge on any atom is 0.327 e. The number of carbonyl (C=O) groups excluding carboxylic acids is 1. The molecule has 4 nitrogen and oxygen atoms in total. The van der Waals surface area contributed by atoms with Crippen molar-refractivity contribution in [3.63, 3.8) is 0 Å². The topological polar surface area (TPSA) is 44.1 Å². The van der Waals surface area contributed by atoms with Crippen LogP contribution in [-0.2, 0) is 16.1 Å². The molecule has 4 heteroatoms. The minimum Gasteiger partial charge on any atom is -0.465 e. The third-order valence-electron chi connectivity index (χ3n) is 5.33. The second-order valence-corrected chi connectivity index (χ2v) is 7.38. The van der Waals surface area contributed by atoms with Crippen molar-refractivity contribution in [3.8, 4) is 22.5 Å². The zero-order valence-corrected chi connectivity index (χ0v) is 17.6. The summed E-state index contributed by atoms with van der Waals surface area (Å²) in [5.74, 6) is -0.276. The Morgan fingerprint density at radius 2 is 1.46 bits per heavy atom. The highest BCUT2D eigenvalue weighted by Crippen LogP contribution is 2.33. The van der Waals surface area contributed by atoms with E-state index >= 15 is 0 Å². The molecule has 0 bridgehead atoms. The van der Waals surface area contributed by atoms with Gasteiger partial charge in [0.15, 0.2) is 0 Å². The number of hydrogen-bond acceptors (Lipinski definition) is 3. The van der Waals surface area contributed by atoms with Crippen molar-refractivity contribution in [1.82, 2.24) is 9.78 Å². The van der Waals surface area contributed by atoms with Gasteiger partial charge < -0.3 is 4.74 Å². The van der Waals surface area contributed by atoms with E-state index < -0.39 is 0 Å².